The molecule has 1 nitrogen and oxygen atoms in total. The van der Waals surface area contributed by atoms with E-state index in [2.05, 4.69) is 22.9 Å². The van der Waals surface area contributed by atoms with Crippen LogP contribution in [-0.2, 0) is 4.74 Å². The van der Waals surface area contributed by atoms with E-state index < -0.39 is 0 Å². The SMILES string of the molecule is CC1CCOC1C(Br)c1ccc(F)cc1. The van der Waals surface area contributed by atoms with E-state index in [1.54, 1.807) is 0 Å². The van der Waals surface area contributed by atoms with Gasteiger partial charge in [-0.1, -0.05) is 35.0 Å². The van der Waals surface area contributed by atoms with E-state index in [0.717, 1.165) is 18.6 Å². The van der Waals surface area contributed by atoms with Gasteiger partial charge in [-0.15, -0.1) is 0 Å². The lowest BCUT2D eigenvalue weighted by molar-refractivity contribution is 0.0935. The predicted octanol–water partition coefficient (Wildman–Crippen LogP) is 3.69. The summed E-state index contributed by atoms with van der Waals surface area (Å²) in [5.41, 5.74) is 1.08. The molecule has 2 rings (SSSR count). The maximum absolute atomic E-state index is 12.8. The second-order valence-corrected chi connectivity index (χ2v) is 5.04. The Morgan fingerprint density at radius 2 is 2.07 bits per heavy atom. The van der Waals surface area contributed by atoms with E-state index in [1.807, 2.05) is 12.1 Å². The highest BCUT2D eigenvalue weighted by atomic mass is 79.9. The Bertz CT molecular complexity index is 325. The number of halogens is 2. The molecule has 3 heteroatoms. The summed E-state index contributed by atoms with van der Waals surface area (Å²) in [6.07, 6.45) is 1.31. The Kier molecular flexibility index (Phi) is 3.42. The first kappa shape index (κ1) is 11.1. The molecule has 82 valence electrons. The molecular formula is C12H14BrFO. The fourth-order valence-electron chi connectivity index (χ4n) is 1.93. The van der Waals surface area contributed by atoms with Crippen molar-refractivity contribution in [3.05, 3.63) is 35.6 Å². The van der Waals surface area contributed by atoms with Gasteiger partial charge in [0.15, 0.2) is 0 Å². The van der Waals surface area contributed by atoms with Gasteiger partial charge in [-0.05, 0) is 30.0 Å². The summed E-state index contributed by atoms with van der Waals surface area (Å²) in [5, 5.41) is 0. The second kappa shape index (κ2) is 4.62. The van der Waals surface area contributed by atoms with Crippen molar-refractivity contribution in [2.24, 2.45) is 5.92 Å². The standard InChI is InChI=1S/C12H14BrFO/c1-8-6-7-15-12(8)11(13)9-2-4-10(14)5-3-9/h2-5,8,11-12H,6-7H2,1H3. The third-order valence-corrected chi connectivity index (χ3v) is 3.97. The molecule has 1 aromatic carbocycles. The van der Waals surface area contributed by atoms with Crippen molar-refractivity contribution >= 4 is 15.9 Å². The van der Waals surface area contributed by atoms with E-state index >= 15 is 0 Å². The fraction of sp³-hybridized carbons (Fsp3) is 0.500. The molecule has 1 aliphatic heterocycles. The van der Waals surface area contributed by atoms with Crippen LogP contribution >= 0.6 is 15.9 Å². The van der Waals surface area contributed by atoms with Crippen LogP contribution in [0.2, 0.25) is 0 Å². The summed E-state index contributed by atoms with van der Waals surface area (Å²) >= 11 is 3.63. The molecule has 1 aliphatic rings. The Morgan fingerprint density at radius 3 is 2.60 bits per heavy atom. The van der Waals surface area contributed by atoms with Gasteiger partial charge in [0.05, 0.1) is 10.9 Å². The lowest BCUT2D eigenvalue weighted by Crippen LogP contribution is -2.19. The van der Waals surface area contributed by atoms with Crippen molar-refractivity contribution in [2.75, 3.05) is 6.61 Å². The molecule has 0 radical (unpaired) electrons. The van der Waals surface area contributed by atoms with Crippen LogP contribution in [-0.4, -0.2) is 12.7 Å². The summed E-state index contributed by atoms with van der Waals surface area (Å²) in [7, 11) is 0. The minimum absolute atomic E-state index is 0.163. The number of ether oxygens (including phenoxy) is 1. The molecule has 0 aliphatic carbocycles. The maximum Gasteiger partial charge on any atom is 0.123 e. The largest absolute Gasteiger partial charge is 0.376 e. The van der Waals surface area contributed by atoms with Crippen molar-refractivity contribution in [3.63, 3.8) is 0 Å². The molecule has 1 aromatic rings. The molecule has 0 N–H and O–H groups in total. The van der Waals surface area contributed by atoms with Gasteiger partial charge >= 0.3 is 0 Å². The fourth-order valence-corrected chi connectivity index (χ4v) is 2.91. The van der Waals surface area contributed by atoms with E-state index in [0.29, 0.717) is 5.92 Å². The minimum Gasteiger partial charge on any atom is -0.376 e. The average molecular weight is 273 g/mol. The molecule has 0 spiro atoms. The van der Waals surface area contributed by atoms with E-state index in [9.17, 15) is 4.39 Å². The van der Waals surface area contributed by atoms with Crippen LogP contribution in [0.15, 0.2) is 24.3 Å². The maximum atomic E-state index is 12.8. The van der Waals surface area contributed by atoms with Gasteiger partial charge in [0.2, 0.25) is 0 Å². The lowest BCUT2D eigenvalue weighted by atomic mass is 9.97. The first-order chi connectivity index (χ1) is 7.18. The molecule has 15 heavy (non-hydrogen) atoms. The zero-order chi connectivity index (χ0) is 10.8. The Morgan fingerprint density at radius 1 is 1.40 bits per heavy atom. The number of hydrogen-bond acceptors (Lipinski definition) is 1. The molecule has 3 atom stereocenters. The normalized spacial score (nSPS) is 27.9. The van der Waals surface area contributed by atoms with E-state index in [1.165, 1.54) is 12.1 Å². The van der Waals surface area contributed by atoms with Gasteiger partial charge in [0, 0.05) is 6.61 Å². The van der Waals surface area contributed by atoms with Crippen molar-refractivity contribution < 1.29 is 9.13 Å². The molecule has 0 aromatic heterocycles. The van der Waals surface area contributed by atoms with Gasteiger partial charge in [-0.3, -0.25) is 0 Å². The summed E-state index contributed by atoms with van der Waals surface area (Å²) < 4.78 is 18.4. The first-order valence-corrected chi connectivity index (χ1v) is 6.11. The van der Waals surface area contributed by atoms with Crippen molar-refractivity contribution in [2.45, 2.75) is 24.3 Å². The first-order valence-electron chi connectivity index (χ1n) is 5.19. The number of alkyl halides is 1. The molecule has 0 saturated carbocycles. The van der Waals surface area contributed by atoms with Crippen molar-refractivity contribution in [1.29, 1.82) is 0 Å². The average Bonchev–Trinajstić information content (AvgIpc) is 2.65. The zero-order valence-corrected chi connectivity index (χ0v) is 10.2. The molecule has 3 unspecified atom stereocenters. The highest BCUT2D eigenvalue weighted by Gasteiger charge is 2.31. The van der Waals surface area contributed by atoms with Crippen LogP contribution in [0.25, 0.3) is 0 Å². The van der Waals surface area contributed by atoms with Crippen LogP contribution in [0.3, 0.4) is 0 Å². The van der Waals surface area contributed by atoms with Gasteiger partial charge in [0.25, 0.3) is 0 Å². The monoisotopic (exact) mass is 272 g/mol. The quantitative estimate of drug-likeness (QED) is 0.747. The van der Waals surface area contributed by atoms with Crippen molar-refractivity contribution in [3.8, 4) is 0 Å². The van der Waals surface area contributed by atoms with Crippen molar-refractivity contribution in [1.82, 2.24) is 0 Å². The highest BCUT2D eigenvalue weighted by molar-refractivity contribution is 9.09. The summed E-state index contributed by atoms with van der Waals surface area (Å²) in [5.74, 6) is 0.360. The molecule has 0 amide bonds. The van der Waals surface area contributed by atoms with Gasteiger partial charge in [0.1, 0.15) is 5.82 Å². The molecular weight excluding hydrogens is 259 g/mol. The summed E-state index contributed by atoms with van der Waals surface area (Å²) in [6, 6.07) is 6.60. The molecule has 1 saturated heterocycles. The predicted molar refractivity (Wildman–Crippen MR) is 61.6 cm³/mol. The van der Waals surface area contributed by atoms with Crippen LogP contribution in [0.5, 0.6) is 0 Å². The highest BCUT2D eigenvalue weighted by Crippen LogP contribution is 2.36. The summed E-state index contributed by atoms with van der Waals surface area (Å²) in [6.45, 7) is 3.02. The number of rotatable bonds is 2. The van der Waals surface area contributed by atoms with Crippen LogP contribution in [0, 0.1) is 11.7 Å². The Labute approximate surface area is 97.8 Å². The molecule has 1 heterocycles. The third-order valence-electron chi connectivity index (χ3n) is 2.92. The number of benzene rings is 1. The van der Waals surface area contributed by atoms with Gasteiger partial charge in [-0.25, -0.2) is 4.39 Å². The third kappa shape index (κ3) is 2.40. The van der Waals surface area contributed by atoms with E-state index in [4.69, 9.17) is 4.74 Å². The van der Waals surface area contributed by atoms with Gasteiger partial charge < -0.3 is 4.74 Å². The van der Waals surface area contributed by atoms with Crippen LogP contribution in [0.4, 0.5) is 4.39 Å². The van der Waals surface area contributed by atoms with Gasteiger partial charge in [-0.2, -0.15) is 0 Å². The Balaban J connectivity index is 2.13. The zero-order valence-electron chi connectivity index (χ0n) is 8.62. The van der Waals surface area contributed by atoms with Crippen LogP contribution < -0.4 is 0 Å². The summed E-state index contributed by atoms with van der Waals surface area (Å²) in [4.78, 5) is 0.163. The van der Waals surface area contributed by atoms with Crippen LogP contribution in [0.1, 0.15) is 23.7 Å². The second-order valence-electron chi connectivity index (χ2n) is 4.05. The minimum atomic E-state index is -0.196. The Hall–Kier alpha value is -0.410. The lowest BCUT2D eigenvalue weighted by Gasteiger charge is -2.21. The smallest absolute Gasteiger partial charge is 0.123 e. The topological polar surface area (TPSA) is 9.23 Å². The number of hydrogen-bond donors (Lipinski definition) is 0. The molecule has 0 bridgehead atoms. The molecule has 1 fully saturated rings. The van der Waals surface area contributed by atoms with E-state index in [-0.39, 0.29) is 16.7 Å².